The van der Waals surface area contributed by atoms with E-state index in [-0.39, 0.29) is 62.0 Å². The van der Waals surface area contributed by atoms with Crippen molar-refractivity contribution in [2.24, 2.45) is 16.5 Å². The Bertz CT molecular complexity index is 1880. The van der Waals surface area contributed by atoms with Gasteiger partial charge in [0, 0.05) is 58.7 Å². The predicted molar refractivity (Wildman–Crippen MR) is 233 cm³/mol. The molecule has 17 heteroatoms. The van der Waals surface area contributed by atoms with Gasteiger partial charge in [-0.3, -0.25) is 24.1 Å². The third kappa shape index (κ3) is 17.1. The normalized spacial score (nSPS) is 13.3. The third-order valence-corrected chi connectivity index (χ3v) is 9.95. The van der Waals surface area contributed by atoms with Crippen LogP contribution in [0.15, 0.2) is 77.8 Å². The molecule has 3 aromatic rings. The molecule has 6 amide bonds. The lowest BCUT2D eigenvalue weighted by atomic mass is 10.0. The smallest absolute Gasteiger partial charge is 0.344 e. The first-order chi connectivity index (χ1) is 29.6. The topological polar surface area (TPSA) is 255 Å². The van der Waals surface area contributed by atoms with Gasteiger partial charge in [-0.15, -0.1) is 0 Å². The first-order valence-corrected chi connectivity index (χ1v) is 21.0. The maximum Gasteiger partial charge on any atom is 0.344 e. The number of hydrogen-bond acceptors (Lipinski definition) is 9. The first-order valence-electron chi connectivity index (χ1n) is 21.0. The Hall–Kier alpha value is -6.20. The molecule has 61 heavy (non-hydrogen) atoms. The molecular weight excluding hydrogens is 781 g/mol. The van der Waals surface area contributed by atoms with Crippen LogP contribution in [0.25, 0.3) is 0 Å². The summed E-state index contributed by atoms with van der Waals surface area (Å²) in [5, 5.41) is 26.7. The van der Waals surface area contributed by atoms with Gasteiger partial charge in [-0.05, 0) is 85.2 Å². The summed E-state index contributed by atoms with van der Waals surface area (Å²) in [4.78, 5) is 69.9. The third-order valence-electron chi connectivity index (χ3n) is 9.95. The molecule has 1 heterocycles. The largest absolute Gasteiger partial charge is 0.508 e. The molecule has 0 fully saturated rings. The summed E-state index contributed by atoms with van der Waals surface area (Å²) in [7, 11) is 0. The molecule has 0 bridgehead atoms. The SMILES string of the molecule is CCC(=O)NCCNC(=O)/N=C(/N)NCCC[C@@H](NC(=O)[C@H](c1cccc(OCCCNC(=O)CCCCCN)c1)N1Cc2ccccc2C1)C(=O)NCc1ccc(O)cc1. The number of unbranched alkanes of at least 4 members (excludes halogenated alkanes) is 2. The summed E-state index contributed by atoms with van der Waals surface area (Å²) >= 11 is 0. The van der Waals surface area contributed by atoms with Crippen molar-refractivity contribution < 1.29 is 33.8 Å². The Morgan fingerprint density at radius 3 is 2.20 bits per heavy atom. The molecule has 2 atom stereocenters. The number of nitrogens with zero attached hydrogens (tertiary/aromatic N) is 2. The van der Waals surface area contributed by atoms with Gasteiger partial charge in [0.2, 0.25) is 23.6 Å². The molecule has 1 aliphatic rings. The fourth-order valence-corrected chi connectivity index (χ4v) is 6.68. The van der Waals surface area contributed by atoms with E-state index in [4.69, 9.17) is 16.2 Å². The van der Waals surface area contributed by atoms with Crippen LogP contribution in [0, 0.1) is 0 Å². The monoisotopic (exact) mass is 842 g/mol. The van der Waals surface area contributed by atoms with Gasteiger partial charge in [0.15, 0.2) is 5.96 Å². The molecule has 330 valence electrons. The van der Waals surface area contributed by atoms with Crippen LogP contribution in [-0.4, -0.2) is 91.0 Å². The molecule has 0 aromatic heterocycles. The number of rotatable bonds is 25. The molecule has 0 aliphatic carbocycles. The summed E-state index contributed by atoms with van der Waals surface area (Å²) in [6.07, 6.45) is 4.64. The van der Waals surface area contributed by atoms with E-state index < -0.39 is 24.0 Å². The molecule has 17 nitrogen and oxygen atoms in total. The summed E-state index contributed by atoms with van der Waals surface area (Å²) < 4.78 is 6.08. The van der Waals surface area contributed by atoms with Crippen LogP contribution in [0.2, 0.25) is 0 Å². The van der Waals surface area contributed by atoms with Crippen molar-refractivity contribution in [1.29, 1.82) is 0 Å². The Balaban J connectivity index is 1.43. The number of aliphatic imine (C=N–C) groups is 1. The van der Waals surface area contributed by atoms with Crippen LogP contribution < -0.4 is 48.1 Å². The van der Waals surface area contributed by atoms with Crippen molar-refractivity contribution in [2.45, 2.75) is 90.0 Å². The lowest BCUT2D eigenvalue weighted by Crippen LogP contribution is -2.50. The zero-order chi connectivity index (χ0) is 43.8. The highest BCUT2D eigenvalue weighted by Gasteiger charge is 2.34. The Labute approximate surface area is 357 Å². The van der Waals surface area contributed by atoms with Gasteiger partial charge < -0.3 is 53.2 Å². The first kappa shape index (κ1) is 47.5. The Kier molecular flexibility index (Phi) is 20.3. The number of fused-ring (bicyclic) bond motifs is 1. The molecule has 1 aliphatic heterocycles. The zero-order valence-electron chi connectivity index (χ0n) is 35.0. The average molecular weight is 843 g/mol. The van der Waals surface area contributed by atoms with Crippen molar-refractivity contribution in [1.82, 2.24) is 36.8 Å². The maximum atomic E-state index is 14.5. The highest BCUT2D eigenvalue weighted by Crippen LogP contribution is 2.33. The zero-order valence-corrected chi connectivity index (χ0v) is 35.0. The van der Waals surface area contributed by atoms with Crippen molar-refractivity contribution >= 4 is 35.6 Å². The number of hydrogen-bond donors (Lipinski definition) is 9. The van der Waals surface area contributed by atoms with E-state index in [1.54, 1.807) is 19.1 Å². The molecule has 0 saturated heterocycles. The van der Waals surface area contributed by atoms with Gasteiger partial charge >= 0.3 is 6.03 Å². The van der Waals surface area contributed by atoms with Gasteiger partial charge in [0.1, 0.15) is 23.6 Å². The van der Waals surface area contributed by atoms with Crippen LogP contribution in [0.4, 0.5) is 4.79 Å². The molecule has 0 spiro atoms. The van der Waals surface area contributed by atoms with E-state index in [1.807, 2.05) is 48.5 Å². The van der Waals surface area contributed by atoms with Crippen LogP contribution in [-0.2, 0) is 38.8 Å². The van der Waals surface area contributed by atoms with Crippen LogP contribution in [0.1, 0.15) is 86.6 Å². The summed E-state index contributed by atoms with van der Waals surface area (Å²) in [6, 6.07) is 19.5. The quantitative estimate of drug-likeness (QED) is 0.0341. The number of nitrogens with two attached hydrogens (primary N) is 2. The second-order valence-electron chi connectivity index (χ2n) is 14.7. The molecular formula is C44H62N10O7. The molecule has 0 unspecified atom stereocenters. The van der Waals surface area contributed by atoms with Gasteiger partial charge in [0.05, 0.1) is 6.61 Å². The fourth-order valence-electron chi connectivity index (χ4n) is 6.68. The highest BCUT2D eigenvalue weighted by molar-refractivity contribution is 5.92. The van der Waals surface area contributed by atoms with E-state index in [0.29, 0.717) is 69.8 Å². The minimum Gasteiger partial charge on any atom is -0.508 e. The minimum atomic E-state index is -0.950. The molecule has 3 aromatic carbocycles. The van der Waals surface area contributed by atoms with Crippen molar-refractivity contribution in [2.75, 3.05) is 39.3 Å². The number of carbonyl (C=O) groups excluding carboxylic acids is 5. The number of nitrogens with one attached hydrogen (secondary N) is 6. The van der Waals surface area contributed by atoms with Crippen LogP contribution >= 0.6 is 0 Å². The minimum absolute atomic E-state index is 0.00761. The van der Waals surface area contributed by atoms with E-state index in [9.17, 15) is 29.1 Å². The standard InChI is InChI=1S/C44H62N10O7/c1-2-38(56)48-24-25-50-44(60)53-43(46)49-22-9-15-37(41(58)51-28-31-17-19-35(55)20-18-31)52-42(59)40(54-29-33-11-5-6-12-34(33)30-54)32-13-8-14-36(27-32)61-26-10-23-47-39(57)16-4-3-7-21-45/h5-6,8,11-14,17-20,27,37,40,55H,2-4,7,9-10,15-16,21-26,28-30,45H2,1H3,(H,47,57)(H,48,56)(H,51,58)(H,52,59)(H4,46,49,50,53,60)/t37-,40+/m1/s1. The number of aromatic hydroxyl groups is 1. The molecule has 4 rings (SSSR count). The summed E-state index contributed by atoms with van der Waals surface area (Å²) in [6.45, 7) is 5.09. The van der Waals surface area contributed by atoms with Gasteiger partial charge in [0.25, 0.3) is 0 Å². The Morgan fingerprint density at radius 2 is 1.48 bits per heavy atom. The van der Waals surface area contributed by atoms with Crippen LogP contribution in [0.3, 0.4) is 0 Å². The number of urea groups is 1. The van der Waals surface area contributed by atoms with Crippen LogP contribution in [0.5, 0.6) is 11.5 Å². The fraction of sp³-hybridized carbons (Fsp3) is 0.455. The number of amides is 6. The van der Waals surface area contributed by atoms with E-state index in [2.05, 4.69) is 41.8 Å². The lowest BCUT2D eigenvalue weighted by molar-refractivity contribution is -0.132. The van der Waals surface area contributed by atoms with E-state index in [0.717, 1.165) is 36.0 Å². The lowest BCUT2D eigenvalue weighted by Gasteiger charge is -2.29. The highest BCUT2D eigenvalue weighted by atomic mass is 16.5. The van der Waals surface area contributed by atoms with Crippen molar-refractivity contribution in [3.8, 4) is 11.5 Å². The predicted octanol–water partition coefficient (Wildman–Crippen LogP) is 2.57. The number of guanidine groups is 1. The van der Waals surface area contributed by atoms with Gasteiger partial charge in [-0.25, -0.2) is 4.79 Å². The number of benzene rings is 3. The number of phenols is 1. The van der Waals surface area contributed by atoms with Gasteiger partial charge in [-0.1, -0.05) is 61.9 Å². The second-order valence-corrected chi connectivity index (χ2v) is 14.7. The molecule has 11 N–H and O–H groups in total. The number of phenolic OH excluding ortho intramolecular Hbond substituents is 1. The number of carbonyl (C=O) groups is 5. The molecule has 0 radical (unpaired) electrons. The van der Waals surface area contributed by atoms with E-state index >= 15 is 0 Å². The average Bonchev–Trinajstić information content (AvgIpc) is 3.68. The molecule has 0 saturated carbocycles. The summed E-state index contributed by atoms with van der Waals surface area (Å²) in [5.74, 6) is -0.339. The Morgan fingerprint density at radius 1 is 0.770 bits per heavy atom. The van der Waals surface area contributed by atoms with Crippen molar-refractivity contribution in [3.63, 3.8) is 0 Å². The number of ether oxygens (including phenoxy) is 1. The second kappa shape index (κ2) is 26.1. The summed E-state index contributed by atoms with van der Waals surface area (Å²) in [5.41, 5.74) is 15.1. The van der Waals surface area contributed by atoms with Crippen molar-refractivity contribution in [3.05, 3.63) is 95.1 Å². The maximum absolute atomic E-state index is 14.5. The van der Waals surface area contributed by atoms with E-state index in [1.165, 1.54) is 12.1 Å². The van der Waals surface area contributed by atoms with Gasteiger partial charge in [-0.2, -0.15) is 4.99 Å².